The fourth-order valence-corrected chi connectivity index (χ4v) is 3.81. The van der Waals surface area contributed by atoms with E-state index in [0.717, 1.165) is 49.6 Å². The molecule has 2 fully saturated rings. The van der Waals surface area contributed by atoms with Crippen LogP contribution in [0.3, 0.4) is 0 Å². The Balaban J connectivity index is 1.48. The van der Waals surface area contributed by atoms with E-state index in [1.807, 2.05) is 0 Å². The lowest BCUT2D eigenvalue weighted by atomic mass is 9.80. The Bertz CT molecular complexity index is 487. The molecule has 1 atom stereocenters. The first-order chi connectivity index (χ1) is 11.0. The van der Waals surface area contributed by atoms with E-state index in [2.05, 4.69) is 15.2 Å². The predicted octanol–water partition coefficient (Wildman–Crippen LogP) is 3.31. The maximum absolute atomic E-state index is 12.5. The lowest BCUT2D eigenvalue weighted by molar-refractivity contribution is -0.141. The molecule has 2 aliphatic rings. The number of halogens is 3. The Kier molecular flexibility index (Phi) is 5.21. The summed E-state index contributed by atoms with van der Waals surface area (Å²) < 4.78 is 37.6. The summed E-state index contributed by atoms with van der Waals surface area (Å²) in [5, 5.41) is 3.49. The second kappa shape index (κ2) is 7.18. The van der Waals surface area contributed by atoms with Crippen molar-refractivity contribution < 1.29 is 13.2 Å². The molecule has 0 aromatic carbocycles. The van der Waals surface area contributed by atoms with Crippen molar-refractivity contribution in [3.8, 4) is 0 Å². The van der Waals surface area contributed by atoms with Crippen LogP contribution in [0.4, 0.5) is 13.2 Å². The number of hydrogen-bond acceptors (Lipinski definition) is 3. The van der Waals surface area contributed by atoms with Gasteiger partial charge in [-0.25, -0.2) is 0 Å². The zero-order valence-electron chi connectivity index (χ0n) is 13.3. The normalized spacial score (nSPS) is 24.7. The van der Waals surface area contributed by atoms with Crippen LogP contribution in [-0.4, -0.2) is 36.1 Å². The van der Waals surface area contributed by atoms with Gasteiger partial charge in [0.15, 0.2) is 0 Å². The number of alkyl halides is 3. The molecule has 128 valence electrons. The number of rotatable bonds is 3. The summed E-state index contributed by atoms with van der Waals surface area (Å²) in [6.45, 7) is 5.05. The molecular formula is C17H24F3N3. The van der Waals surface area contributed by atoms with Crippen LogP contribution in [0.15, 0.2) is 18.3 Å². The van der Waals surface area contributed by atoms with Gasteiger partial charge in [-0.2, -0.15) is 13.2 Å². The van der Waals surface area contributed by atoms with Gasteiger partial charge in [-0.05, 0) is 75.3 Å². The second-order valence-corrected chi connectivity index (χ2v) is 6.77. The Morgan fingerprint density at radius 1 is 1.13 bits per heavy atom. The van der Waals surface area contributed by atoms with E-state index in [4.69, 9.17) is 0 Å². The number of piperidine rings is 2. The molecule has 6 heteroatoms. The summed E-state index contributed by atoms with van der Waals surface area (Å²) in [7, 11) is 0. The van der Waals surface area contributed by atoms with Crippen LogP contribution in [0.5, 0.6) is 0 Å². The zero-order valence-corrected chi connectivity index (χ0v) is 13.3. The maximum Gasteiger partial charge on any atom is 0.433 e. The number of pyridine rings is 1. The highest BCUT2D eigenvalue weighted by molar-refractivity contribution is 5.16. The largest absolute Gasteiger partial charge is 0.433 e. The van der Waals surface area contributed by atoms with E-state index in [-0.39, 0.29) is 0 Å². The Labute approximate surface area is 135 Å². The van der Waals surface area contributed by atoms with Crippen molar-refractivity contribution in [3.63, 3.8) is 0 Å². The number of nitrogens with zero attached hydrogens (tertiary/aromatic N) is 2. The maximum atomic E-state index is 12.5. The minimum atomic E-state index is -4.36. The average Bonchev–Trinajstić information content (AvgIpc) is 2.56. The predicted molar refractivity (Wildman–Crippen MR) is 82.8 cm³/mol. The first-order valence-corrected chi connectivity index (χ1v) is 8.47. The third-order valence-electron chi connectivity index (χ3n) is 5.16. The van der Waals surface area contributed by atoms with Crippen molar-refractivity contribution in [1.82, 2.24) is 15.2 Å². The molecule has 3 nitrogen and oxygen atoms in total. The third-order valence-corrected chi connectivity index (χ3v) is 5.16. The first-order valence-electron chi connectivity index (χ1n) is 8.47. The van der Waals surface area contributed by atoms with E-state index in [1.54, 1.807) is 6.07 Å². The SMILES string of the molecule is FC(F)(F)c1ccc(CN2CCC(C3CCCNC3)CC2)cn1. The van der Waals surface area contributed by atoms with E-state index < -0.39 is 11.9 Å². The molecule has 0 saturated carbocycles. The number of nitrogens with one attached hydrogen (secondary N) is 1. The third kappa shape index (κ3) is 4.44. The van der Waals surface area contributed by atoms with Crippen LogP contribution in [-0.2, 0) is 12.7 Å². The lowest BCUT2D eigenvalue weighted by Gasteiger charge is -2.37. The van der Waals surface area contributed by atoms with Crippen LogP contribution in [0, 0.1) is 11.8 Å². The van der Waals surface area contributed by atoms with Gasteiger partial charge in [-0.15, -0.1) is 0 Å². The summed E-state index contributed by atoms with van der Waals surface area (Å²) in [5.74, 6) is 1.60. The van der Waals surface area contributed by atoms with Crippen molar-refractivity contribution in [2.45, 2.75) is 38.4 Å². The molecule has 2 saturated heterocycles. The highest BCUT2D eigenvalue weighted by Crippen LogP contribution is 2.30. The molecule has 0 aliphatic carbocycles. The minimum absolute atomic E-state index is 0.695. The van der Waals surface area contributed by atoms with Crippen molar-refractivity contribution in [3.05, 3.63) is 29.6 Å². The Morgan fingerprint density at radius 2 is 1.91 bits per heavy atom. The van der Waals surface area contributed by atoms with Crippen molar-refractivity contribution in [1.29, 1.82) is 0 Å². The van der Waals surface area contributed by atoms with Gasteiger partial charge in [0.1, 0.15) is 5.69 Å². The van der Waals surface area contributed by atoms with Gasteiger partial charge in [0.2, 0.25) is 0 Å². The lowest BCUT2D eigenvalue weighted by Crippen LogP contribution is -2.40. The molecule has 3 rings (SSSR count). The van der Waals surface area contributed by atoms with Crippen LogP contribution >= 0.6 is 0 Å². The van der Waals surface area contributed by atoms with E-state index in [1.165, 1.54) is 31.9 Å². The molecule has 0 radical (unpaired) electrons. The topological polar surface area (TPSA) is 28.2 Å². The van der Waals surface area contributed by atoms with Crippen LogP contribution in [0.1, 0.15) is 36.9 Å². The fourth-order valence-electron chi connectivity index (χ4n) is 3.81. The summed E-state index contributed by atoms with van der Waals surface area (Å²) in [6, 6.07) is 2.63. The molecule has 2 aliphatic heterocycles. The zero-order chi connectivity index (χ0) is 16.3. The van der Waals surface area contributed by atoms with E-state index >= 15 is 0 Å². The van der Waals surface area contributed by atoms with Gasteiger partial charge in [0, 0.05) is 12.7 Å². The van der Waals surface area contributed by atoms with Gasteiger partial charge >= 0.3 is 6.18 Å². The van der Waals surface area contributed by atoms with Gasteiger partial charge < -0.3 is 5.32 Å². The number of aromatic nitrogens is 1. The fraction of sp³-hybridized carbons (Fsp3) is 0.706. The highest BCUT2D eigenvalue weighted by atomic mass is 19.4. The van der Waals surface area contributed by atoms with Crippen LogP contribution in [0.2, 0.25) is 0 Å². The number of hydrogen-bond donors (Lipinski definition) is 1. The highest BCUT2D eigenvalue weighted by Gasteiger charge is 2.32. The molecule has 0 spiro atoms. The molecule has 0 bridgehead atoms. The van der Waals surface area contributed by atoms with Gasteiger partial charge in [-0.3, -0.25) is 9.88 Å². The monoisotopic (exact) mass is 327 g/mol. The first kappa shape index (κ1) is 16.7. The van der Waals surface area contributed by atoms with Gasteiger partial charge in [-0.1, -0.05) is 6.07 Å². The average molecular weight is 327 g/mol. The molecule has 1 aromatic rings. The smallest absolute Gasteiger partial charge is 0.316 e. The second-order valence-electron chi connectivity index (χ2n) is 6.77. The summed E-state index contributed by atoms with van der Waals surface area (Å²) in [6.07, 6.45) is 2.01. The minimum Gasteiger partial charge on any atom is -0.316 e. The van der Waals surface area contributed by atoms with E-state index in [0.29, 0.717) is 6.54 Å². The standard InChI is InChI=1S/C17H24F3N3/c18-17(19,20)16-4-3-13(10-22-16)12-23-8-5-14(6-9-23)15-2-1-7-21-11-15/h3-4,10,14-15,21H,1-2,5-9,11-12H2. The van der Waals surface area contributed by atoms with E-state index in [9.17, 15) is 13.2 Å². The van der Waals surface area contributed by atoms with Crippen molar-refractivity contribution in [2.24, 2.45) is 11.8 Å². The molecule has 0 amide bonds. The van der Waals surface area contributed by atoms with Crippen molar-refractivity contribution in [2.75, 3.05) is 26.2 Å². The number of likely N-dealkylation sites (tertiary alicyclic amines) is 1. The molecular weight excluding hydrogens is 303 g/mol. The van der Waals surface area contributed by atoms with Crippen LogP contribution in [0.25, 0.3) is 0 Å². The summed E-state index contributed by atoms with van der Waals surface area (Å²) in [5.41, 5.74) is 0.0422. The van der Waals surface area contributed by atoms with Gasteiger partial charge in [0.25, 0.3) is 0 Å². The molecule has 1 N–H and O–H groups in total. The van der Waals surface area contributed by atoms with Crippen LogP contribution < -0.4 is 5.32 Å². The Morgan fingerprint density at radius 3 is 2.48 bits per heavy atom. The Hall–Kier alpha value is -1.14. The molecule has 23 heavy (non-hydrogen) atoms. The summed E-state index contributed by atoms with van der Waals surface area (Å²) in [4.78, 5) is 5.87. The molecule has 3 heterocycles. The van der Waals surface area contributed by atoms with Crippen molar-refractivity contribution >= 4 is 0 Å². The van der Waals surface area contributed by atoms with Gasteiger partial charge in [0.05, 0.1) is 0 Å². The molecule has 1 unspecified atom stereocenters. The molecule has 1 aromatic heterocycles. The summed E-state index contributed by atoms with van der Waals surface area (Å²) >= 11 is 0. The quantitative estimate of drug-likeness (QED) is 0.923.